The molecule has 4 rings (SSSR count). The number of hydrogen-bond donors (Lipinski definition) is 2. The Morgan fingerprint density at radius 2 is 2.00 bits per heavy atom. The van der Waals surface area contributed by atoms with E-state index in [0.717, 1.165) is 24.1 Å². The van der Waals surface area contributed by atoms with Gasteiger partial charge < -0.3 is 19.5 Å². The quantitative estimate of drug-likeness (QED) is 0.702. The first kappa shape index (κ1) is 16.5. The molecule has 7 nitrogen and oxygen atoms in total. The van der Waals surface area contributed by atoms with Crippen molar-refractivity contribution in [3.8, 4) is 11.3 Å². The Hall–Kier alpha value is -2.93. The van der Waals surface area contributed by atoms with Gasteiger partial charge in [0.05, 0.1) is 5.70 Å². The molecule has 0 unspecified atom stereocenters. The number of aliphatic hydroxyl groups is 1. The van der Waals surface area contributed by atoms with Crippen molar-refractivity contribution in [3.63, 3.8) is 0 Å². The number of aromatic nitrogens is 3. The minimum absolute atomic E-state index is 0.206. The average Bonchev–Trinajstić information content (AvgIpc) is 3.28. The van der Waals surface area contributed by atoms with Crippen molar-refractivity contribution < 1.29 is 14.2 Å². The van der Waals surface area contributed by atoms with Crippen molar-refractivity contribution in [1.82, 2.24) is 20.6 Å². The zero-order valence-corrected chi connectivity index (χ0v) is 14.4. The smallest absolute Gasteiger partial charge is 0.230 e. The van der Waals surface area contributed by atoms with E-state index in [-0.39, 0.29) is 12.0 Å². The molecule has 1 aliphatic carbocycles. The highest BCUT2D eigenvalue weighted by molar-refractivity contribution is 5.65. The van der Waals surface area contributed by atoms with Gasteiger partial charge in [-0.25, -0.2) is 0 Å². The van der Waals surface area contributed by atoms with Gasteiger partial charge in [-0.05, 0) is 19.8 Å². The van der Waals surface area contributed by atoms with Crippen LogP contribution in [0.15, 0.2) is 52.0 Å². The average molecular weight is 352 g/mol. The highest BCUT2D eigenvalue weighted by Crippen LogP contribution is 2.37. The summed E-state index contributed by atoms with van der Waals surface area (Å²) in [5, 5.41) is 20.7. The van der Waals surface area contributed by atoms with Crippen molar-refractivity contribution in [3.05, 3.63) is 60.4 Å². The highest BCUT2D eigenvalue weighted by atomic mass is 16.5. The van der Waals surface area contributed by atoms with Crippen LogP contribution in [0, 0.1) is 0 Å². The normalized spacial score (nSPS) is 20.4. The first-order valence-electron chi connectivity index (χ1n) is 8.59. The van der Waals surface area contributed by atoms with E-state index in [2.05, 4.69) is 27.2 Å². The molecule has 0 amide bonds. The summed E-state index contributed by atoms with van der Waals surface area (Å²) in [7, 11) is 0. The van der Waals surface area contributed by atoms with E-state index in [1.165, 1.54) is 0 Å². The van der Waals surface area contributed by atoms with E-state index in [9.17, 15) is 5.11 Å². The van der Waals surface area contributed by atoms with Crippen LogP contribution in [-0.2, 0) is 0 Å². The highest BCUT2D eigenvalue weighted by Gasteiger charge is 2.35. The van der Waals surface area contributed by atoms with E-state index in [1.54, 1.807) is 6.92 Å². The van der Waals surface area contributed by atoms with Crippen LogP contribution < -0.4 is 5.32 Å². The van der Waals surface area contributed by atoms with Crippen LogP contribution in [0.25, 0.3) is 17.0 Å². The predicted molar refractivity (Wildman–Crippen MR) is 94.8 cm³/mol. The third kappa shape index (κ3) is 3.25. The molecule has 0 aliphatic heterocycles. The molecule has 0 spiro atoms. The van der Waals surface area contributed by atoms with E-state index < -0.39 is 6.10 Å². The van der Waals surface area contributed by atoms with Crippen LogP contribution in [0.2, 0.25) is 0 Å². The molecule has 7 heteroatoms. The Morgan fingerprint density at radius 3 is 2.69 bits per heavy atom. The molecule has 2 aromatic heterocycles. The summed E-state index contributed by atoms with van der Waals surface area (Å²) in [6, 6.07) is 12.0. The maximum atomic E-state index is 9.47. The summed E-state index contributed by atoms with van der Waals surface area (Å²) >= 11 is 0. The molecule has 1 aliphatic rings. The van der Waals surface area contributed by atoms with Gasteiger partial charge in [-0.3, -0.25) is 0 Å². The Labute approximate surface area is 150 Å². The van der Waals surface area contributed by atoms with Gasteiger partial charge in [0.25, 0.3) is 0 Å². The van der Waals surface area contributed by atoms with Gasteiger partial charge in [-0.15, -0.1) is 0 Å². The molecule has 2 N–H and O–H groups in total. The summed E-state index contributed by atoms with van der Waals surface area (Å²) in [5.41, 5.74) is 2.41. The first-order chi connectivity index (χ1) is 12.6. The molecule has 0 saturated heterocycles. The van der Waals surface area contributed by atoms with E-state index in [4.69, 9.17) is 9.05 Å². The molecule has 26 heavy (non-hydrogen) atoms. The molecule has 1 fully saturated rings. The van der Waals surface area contributed by atoms with E-state index in [1.807, 2.05) is 36.4 Å². The fourth-order valence-corrected chi connectivity index (χ4v) is 3.00. The minimum Gasteiger partial charge on any atom is -0.385 e. The van der Waals surface area contributed by atoms with Crippen LogP contribution in [0.1, 0.15) is 49.2 Å². The van der Waals surface area contributed by atoms with Crippen LogP contribution in [0.5, 0.6) is 0 Å². The largest absolute Gasteiger partial charge is 0.385 e. The maximum Gasteiger partial charge on any atom is 0.230 e. The van der Waals surface area contributed by atoms with Crippen molar-refractivity contribution in [1.29, 1.82) is 0 Å². The molecular weight excluding hydrogens is 332 g/mol. The maximum absolute atomic E-state index is 9.47. The fraction of sp³-hybridized carbons (Fsp3) is 0.316. The van der Waals surface area contributed by atoms with Gasteiger partial charge in [-0.1, -0.05) is 47.2 Å². The van der Waals surface area contributed by atoms with Gasteiger partial charge in [0, 0.05) is 23.6 Å². The number of nitrogens with one attached hydrogen (secondary N) is 1. The van der Waals surface area contributed by atoms with Crippen LogP contribution in [0.4, 0.5) is 0 Å². The van der Waals surface area contributed by atoms with Gasteiger partial charge in [-0.2, -0.15) is 4.98 Å². The van der Waals surface area contributed by atoms with Crippen molar-refractivity contribution >= 4 is 5.70 Å². The summed E-state index contributed by atoms with van der Waals surface area (Å²) in [6.45, 7) is 5.68. The zero-order chi connectivity index (χ0) is 18.1. The molecular formula is C19H20N4O3. The Bertz CT molecular complexity index is 894. The minimum atomic E-state index is -0.716. The number of nitrogens with zero attached hydrogens (tertiary/aromatic N) is 3. The van der Waals surface area contributed by atoms with Gasteiger partial charge in [0.15, 0.2) is 11.6 Å². The molecule has 0 bridgehead atoms. The SMILES string of the molecule is C=C(NC1CC(c2nc([C@@H](C)O)no2)C1)c1cc(-c2ccccc2)on1. The topological polar surface area (TPSA) is 97.2 Å². The van der Waals surface area contributed by atoms with Crippen LogP contribution >= 0.6 is 0 Å². The van der Waals surface area contributed by atoms with Crippen LogP contribution in [0.3, 0.4) is 0 Å². The fourth-order valence-electron chi connectivity index (χ4n) is 3.00. The molecule has 2 heterocycles. The Morgan fingerprint density at radius 1 is 1.23 bits per heavy atom. The Kier molecular flexibility index (Phi) is 4.30. The lowest BCUT2D eigenvalue weighted by Crippen LogP contribution is -2.39. The van der Waals surface area contributed by atoms with E-state index in [0.29, 0.717) is 23.2 Å². The second kappa shape index (κ2) is 6.76. The van der Waals surface area contributed by atoms with Crippen LogP contribution in [-0.4, -0.2) is 26.4 Å². The molecule has 0 radical (unpaired) electrons. The van der Waals surface area contributed by atoms with Gasteiger partial charge in [0.1, 0.15) is 11.8 Å². The number of hydrogen-bond acceptors (Lipinski definition) is 7. The molecule has 1 atom stereocenters. The van der Waals surface area contributed by atoms with Crippen molar-refractivity contribution in [2.75, 3.05) is 0 Å². The Balaban J connectivity index is 1.33. The third-order valence-corrected chi connectivity index (χ3v) is 4.57. The van der Waals surface area contributed by atoms with Crippen molar-refractivity contribution in [2.24, 2.45) is 0 Å². The first-order valence-corrected chi connectivity index (χ1v) is 8.59. The lowest BCUT2D eigenvalue weighted by Gasteiger charge is -2.34. The summed E-state index contributed by atoms with van der Waals surface area (Å²) in [5.74, 6) is 1.83. The van der Waals surface area contributed by atoms with Gasteiger partial charge in [0.2, 0.25) is 5.89 Å². The van der Waals surface area contributed by atoms with Crippen molar-refractivity contribution in [2.45, 2.75) is 37.8 Å². The lowest BCUT2D eigenvalue weighted by molar-refractivity contribution is 0.183. The number of aliphatic hydroxyl groups excluding tert-OH is 1. The van der Waals surface area contributed by atoms with Gasteiger partial charge >= 0.3 is 0 Å². The standard InChI is InChI=1S/C19H20N4O3/c1-11(16-10-17(25-22-16)13-6-4-3-5-7-13)20-15-8-14(9-15)19-21-18(12(2)24)23-26-19/h3-7,10,12,14-15,20,24H,1,8-9H2,2H3/t12-,14?,15?/m1/s1. The molecule has 134 valence electrons. The predicted octanol–water partition coefficient (Wildman–Crippen LogP) is 3.28. The zero-order valence-electron chi connectivity index (χ0n) is 14.4. The molecule has 1 saturated carbocycles. The third-order valence-electron chi connectivity index (χ3n) is 4.57. The number of benzene rings is 1. The lowest BCUT2D eigenvalue weighted by atomic mass is 9.80. The molecule has 1 aromatic carbocycles. The number of rotatable bonds is 6. The summed E-state index contributed by atoms with van der Waals surface area (Å²) in [6.07, 6.45) is 1.01. The summed E-state index contributed by atoms with van der Waals surface area (Å²) < 4.78 is 10.6. The second-order valence-corrected chi connectivity index (χ2v) is 6.60. The summed E-state index contributed by atoms with van der Waals surface area (Å²) in [4.78, 5) is 4.24. The molecule has 3 aromatic rings. The van der Waals surface area contributed by atoms with E-state index >= 15 is 0 Å². The second-order valence-electron chi connectivity index (χ2n) is 6.60. The monoisotopic (exact) mass is 352 g/mol.